The Labute approximate surface area is 111 Å². The smallest absolute Gasteiger partial charge is 0.0233 e. The molecule has 100 valence electrons. The van der Waals surface area contributed by atoms with Gasteiger partial charge in [-0.2, -0.15) is 0 Å². The largest absolute Gasteiger partial charge is 0.328 e. The van der Waals surface area contributed by atoms with E-state index in [1.807, 2.05) is 0 Å². The van der Waals surface area contributed by atoms with Crippen LogP contribution in [0, 0.1) is 0 Å². The van der Waals surface area contributed by atoms with Crippen LogP contribution in [0.15, 0.2) is 24.3 Å². The third-order valence-corrected chi connectivity index (χ3v) is 4.23. The molecule has 0 atom stereocenters. The molecule has 0 saturated heterocycles. The fraction of sp³-hybridized carbons (Fsp3) is 0.625. The molecule has 0 radical (unpaired) electrons. The molecule has 0 unspecified atom stereocenters. The normalized spacial score (nSPS) is 24.4. The van der Waals surface area contributed by atoms with Gasteiger partial charge in [-0.3, -0.25) is 4.90 Å². The van der Waals surface area contributed by atoms with E-state index in [9.17, 15) is 0 Å². The fourth-order valence-corrected chi connectivity index (χ4v) is 2.84. The highest BCUT2D eigenvalue weighted by atomic mass is 15.1. The topological polar surface area (TPSA) is 29.3 Å². The molecule has 1 aliphatic rings. The number of benzene rings is 1. The molecule has 0 aromatic heterocycles. The lowest BCUT2D eigenvalue weighted by atomic mass is 9.91. The summed E-state index contributed by atoms with van der Waals surface area (Å²) in [5.74, 6) is 0. The molecule has 1 aromatic carbocycles. The molecule has 2 N–H and O–H groups in total. The molecule has 1 aliphatic carbocycles. The average molecular weight is 246 g/mol. The summed E-state index contributed by atoms with van der Waals surface area (Å²) in [7, 11) is 2.25. The SMILES string of the molecule is CCc1ccc(CN(C)C2CCC(N)CC2)cc1. The third kappa shape index (κ3) is 3.56. The van der Waals surface area contributed by atoms with Crippen molar-refractivity contribution in [2.45, 2.75) is 57.7 Å². The van der Waals surface area contributed by atoms with Gasteiger partial charge in [0, 0.05) is 18.6 Å². The van der Waals surface area contributed by atoms with E-state index in [0.717, 1.165) is 19.0 Å². The van der Waals surface area contributed by atoms with Crippen LogP contribution in [0.3, 0.4) is 0 Å². The lowest BCUT2D eigenvalue weighted by molar-refractivity contribution is 0.176. The van der Waals surface area contributed by atoms with Gasteiger partial charge in [-0.15, -0.1) is 0 Å². The number of hydrogen-bond acceptors (Lipinski definition) is 2. The number of hydrogen-bond donors (Lipinski definition) is 1. The molecule has 2 heteroatoms. The van der Waals surface area contributed by atoms with Crippen molar-refractivity contribution in [1.29, 1.82) is 0 Å². The molecule has 0 spiro atoms. The van der Waals surface area contributed by atoms with E-state index >= 15 is 0 Å². The minimum atomic E-state index is 0.443. The maximum atomic E-state index is 5.96. The maximum Gasteiger partial charge on any atom is 0.0233 e. The van der Waals surface area contributed by atoms with Gasteiger partial charge >= 0.3 is 0 Å². The molecule has 0 amide bonds. The maximum absolute atomic E-state index is 5.96. The first-order valence-electron chi connectivity index (χ1n) is 7.22. The van der Waals surface area contributed by atoms with Gasteiger partial charge in [0.15, 0.2) is 0 Å². The Morgan fingerprint density at radius 3 is 2.17 bits per heavy atom. The Kier molecular flexibility index (Phi) is 4.79. The van der Waals surface area contributed by atoms with E-state index in [2.05, 4.69) is 43.1 Å². The van der Waals surface area contributed by atoms with Gasteiger partial charge in [0.1, 0.15) is 0 Å². The summed E-state index contributed by atoms with van der Waals surface area (Å²) in [6, 6.07) is 10.2. The van der Waals surface area contributed by atoms with E-state index < -0.39 is 0 Å². The van der Waals surface area contributed by atoms with Crippen molar-refractivity contribution in [3.63, 3.8) is 0 Å². The Balaban J connectivity index is 1.87. The van der Waals surface area contributed by atoms with Gasteiger partial charge in [-0.1, -0.05) is 31.2 Å². The molecule has 2 rings (SSSR count). The summed E-state index contributed by atoms with van der Waals surface area (Å²) >= 11 is 0. The van der Waals surface area contributed by atoms with Gasteiger partial charge in [0.25, 0.3) is 0 Å². The molecule has 1 aromatic rings. The highest BCUT2D eigenvalue weighted by Gasteiger charge is 2.21. The predicted octanol–water partition coefficient (Wildman–Crippen LogP) is 2.95. The third-order valence-electron chi connectivity index (χ3n) is 4.23. The summed E-state index contributed by atoms with van der Waals surface area (Å²) in [5.41, 5.74) is 8.81. The van der Waals surface area contributed by atoms with Crippen molar-refractivity contribution in [2.75, 3.05) is 7.05 Å². The summed E-state index contributed by atoms with van der Waals surface area (Å²) < 4.78 is 0. The zero-order valence-corrected chi connectivity index (χ0v) is 11.7. The van der Waals surface area contributed by atoms with Crippen molar-refractivity contribution in [1.82, 2.24) is 4.90 Å². The van der Waals surface area contributed by atoms with Crippen LogP contribution in [-0.4, -0.2) is 24.0 Å². The molecular weight excluding hydrogens is 220 g/mol. The number of nitrogens with zero attached hydrogens (tertiary/aromatic N) is 1. The van der Waals surface area contributed by atoms with Crippen LogP contribution in [-0.2, 0) is 13.0 Å². The van der Waals surface area contributed by atoms with E-state index in [1.54, 1.807) is 0 Å². The average Bonchev–Trinajstić information content (AvgIpc) is 2.40. The van der Waals surface area contributed by atoms with E-state index in [-0.39, 0.29) is 0 Å². The quantitative estimate of drug-likeness (QED) is 0.885. The predicted molar refractivity (Wildman–Crippen MR) is 77.5 cm³/mol. The summed E-state index contributed by atoms with van der Waals surface area (Å²) in [6.07, 6.45) is 6.00. The summed E-state index contributed by atoms with van der Waals surface area (Å²) in [5, 5.41) is 0. The minimum Gasteiger partial charge on any atom is -0.328 e. The van der Waals surface area contributed by atoms with E-state index in [0.29, 0.717) is 6.04 Å². The minimum absolute atomic E-state index is 0.443. The lowest BCUT2D eigenvalue weighted by Crippen LogP contribution is -2.38. The molecule has 0 bridgehead atoms. The first-order chi connectivity index (χ1) is 8.69. The second-order valence-corrected chi connectivity index (χ2v) is 5.65. The van der Waals surface area contributed by atoms with Crippen molar-refractivity contribution in [3.8, 4) is 0 Å². The fourth-order valence-electron chi connectivity index (χ4n) is 2.84. The molecule has 18 heavy (non-hydrogen) atoms. The number of aryl methyl sites for hydroxylation is 1. The van der Waals surface area contributed by atoms with Gasteiger partial charge in [-0.25, -0.2) is 0 Å². The number of nitrogens with two attached hydrogens (primary N) is 1. The second kappa shape index (κ2) is 6.35. The van der Waals surface area contributed by atoms with Crippen LogP contribution < -0.4 is 5.73 Å². The molecule has 2 nitrogen and oxygen atoms in total. The zero-order chi connectivity index (χ0) is 13.0. The molecule has 0 heterocycles. The van der Waals surface area contributed by atoms with E-state index in [4.69, 9.17) is 5.73 Å². The Hall–Kier alpha value is -0.860. The van der Waals surface area contributed by atoms with E-state index in [1.165, 1.54) is 36.8 Å². The Morgan fingerprint density at radius 1 is 1.06 bits per heavy atom. The van der Waals surface area contributed by atoms with Crippen LogP contribution in [0.1, 0.15) is 43.7 Å². The second-order valence-electron chi connectivity index (χ2n) is 5.65. The van der Waals surface area contributed by atoms with Crippen molar-refractivity contribution >= 4 is 0 Å². The Bertz CT molecular complexity index is 350. The number of rotatable bonds is 4. The first-order valence-corrected chi connectivity index (χ1v) is 7.22. The molecular formula is C16H26N2. The highest BCUT2D eigenvalue weighted by molar-refractivity contribution is 5.22. The van der Waals surface area contributed by atoms with Gasteiger partial charge in [-0.05, 0) is 50.3 Å². The van der Waals surface area contributed by atoms with Crippen LogP contribution in [0.5, 0.6) is 0 Å². The lowest BCUT2D eigenvalue weighted by Gasteiger charge is -2.33. The molecule has 0 aliphatic heterocycles. The van der Waals surface area contributed by atoms with Gasteiger partial charge in [0.05, 0.1) is 0 Å². The van der Waals surface area contributed by atoms with Crippen LogP contribution in [0.25, 0.3) is 0 Å². The highest BCUT2D eigenvalue weighted by Crippen LogP contribution is 2.22. The first kappa shape index (κ1) is 13.6. The Morgan fingerprint density at radius 2 is 1.61 bits per heavy atom. The monoisotopic (exact) mass is 246 g/mol. The van der Waals surface area contributed by atoms with Gasteiger partial charge in [0.2, 0.25) is 0 Å². The van der Waals surface area contributed by atoms with Crippen molar-refractivity contribution < 1.29 is 0 Å². The summed E-state index contributed by atoms with van der Waals surface area (Å²) in [6.45, 7) is 3.26. The molecule has 1 saturated carbocycles. The zero-order valence-electron chi connectivity index (χ0n) is 11.7. The van der Waals surface area contributed by atoms with Crippen molar-refractivity contribution in [3.05, 3.63) is 35.4 Å². The van der Waals surface area contributed by atoms with Crippen LogP contribution in [0.4, 0.5) is 0 Å². The van der Waals surface area contributed by atoms with Crippen molar-refractivity contribution in [2.24, 2.45) is 5.73 Å². The standard InChI is InChI=1S/C16H26N2/c1-3-13-4-6-14(7-5-13)12-18(2)16-10-8-15(17)9-11-16/h4-7,15-16H,3,8-12,17H2,1-2H3. The van der Waals surface area contributed by atoms with Crippen LogP contribution in [0.2, 0.25) is 0 Å². The van der Waals surface area contributed by atoms with Crippen LogP contribution >= 0.6 is 0 Å². The molecule has 1 fully saturated rings. The summed E-state index contributed by atoms with van der Waals surface area (Å²) in [4.78, 5) is 2.49. The van der Waals surface area contributed by atoms with Gasteiger partial charge < -0.3 is 5.73 Å².